The maximum atomic E-state index is 13.3. The van der Waals surface area contributed by atoms with E-state index in [1.165, 1.54) is 54.6 Å². The molecule has 4 N–H and O–H groups in total. The van der Waals surface area contributed by atoms with Crippen molar-refractivity contribution in [1.82, 2.24) is 0 Å². The Bertz CT molecular complexity index is 2680. The van der Waals surface area contributed by atoms with E-state index in [1.54, 1.807) is 36.4 Å². The number of nitrogens with one attached hydrogen (secondary N) is 4. The summed E-state index contributed by atoms with van der Waals surface area (Å²) in [6.07, 6.45) is 0. The minimum absolute atomic E-state index is 0.0595. The number of hydrogen-bond donors (Lipinski definition) is 4. The first-order valence-electron chi connectivity index (χ1n) is 17.7. The van der Waals surface area contributed by atoms with Gasteiger partial charge in [0, 0.05) is 38.4 Å². The lowest BCUT2D eigenvalue weighted by atomic mass is 10.1. The van der Waals surface area contributed by atoms with E-state index in [-0.39, 0.29) is 81.3 Å². The van der Waals surface area contributed by atoms with Gasteiger partial charge in [0.25, 0.3) is 23.6 Å². The summed E-state index contributed by atoms with van der Waals surface area (Å²) < 4.78 is 0. The lowest BCUT2D eigenvalue weighted by Gasteiger charge is -2.15. The van der Waals surface area contributed by atoms with E-state index in [1.807, 2.05) is 0 Å². The van der Waals surface area contributed by atoms with Gasteiger partial charge in [0.1, 0.15) is 0 Å². The van der Waals surface area contributed by atoms with Crippen molar-refractivity contribution in [1.29, 1.82) is 0 Å². The lowest BCUT2D eigenvalue weighted by molar-refractivity contribution is -0.127. The highest BCUT2D eigenvalue weighted by Crippen LogP contribution is 2.32. The lowest BCUT2D eigenvalue weighted by Crippen LogP contribution is -2.32. The van der Waals surface area contributed by atoms with Crippen LogP contribution in [0.4, 0.5) is 34.1 Å². The van der Waals surface area contributed by atoms with Gasteiger partial charge in [-0.3, -0.25) is 28.8 Å². The first-order valence-corrected chi connectivity index (χ1v) is 20.5. The van der Waals surface area contributed by atoms with Gasteiger partial charge >= 0.3 is 0 Å². The first kappa shape index (κ1) is 47.6. The fraction of sp³-hybridized carbons (Fsp3) is 0.122. The summed E-state index contributed by atoms with van der Waals surface area (Å²) in [7, 11) is 0. The molecule has 0 aliphatic heterocycles. The molecule has 5 aromatic rings. The highest BCUT2D eigenvalue weighted by molar-refractivity contribution is 6.44. The Kier molecular flexibility index (Phi) is 16.6. The molecule has 0 bridgehead atoms. The molecule has 0 saturated heterocycles. The van der Waals surface area contributed by atoms with Gasteiger partial charge in [0.15, 0.2) is 11.6 Å². The topological polar surface area (TPSA) is 200 Å². The van der Waals surface area contributed by atoms with Crippen molar-refractivity contribution in [3.63, 3.8) is 0 Å². The van der Waals surface area contributed by atoms with Crippen LogP contribution in [0, 0.1) is 0 Å². The van der Waals surface area contributed by atoms with Crippen molar-refractivity contribution < 1.29 is 28.8 Å². The summed E-state index contributed by atoms with van der Waals surface area (Å²) in [5, 5.41) is 27.2. The minimum Gasteiger partial charge on any atom is -0.324 e. The molecule has 4 amide bonds. The minimum atomic E-state index is -1.63. The highest BCUT2D eigenvalue weighted by Gasteiger charge is 2.26. The SMILES string of the molecule is CC(=O)C(N=Nc1cc(Cl)cc(C(=O)Nc2cccc(Cl)c2Cl)c1)C(=O)Nc1ccc(NC(=O)C(N=Nc2cc(Cl)cc(C(=O)Nc3cccc(Cl)c3Cl)c2)C(C)=O)c(CCl)c1. The second-order valence-electron chi connectivity index (χ2n) is 12.9. The van der Waals surface area contributed by atoms with E-state index < -0.39 is 47.3 Å². The van der Waals surface area contributed by atoms with Crippen LogP contribution in [-0.2, 0) is 25.1 Å². The van der Waals surface area contributed by atoms with Gasteiger partial charge in [-0.1, -0.05) is 81.7 Å². The molecule has 0 heterocycles. The second-order valence-corrected chi connectivity index (χ2v) is 15.7. The van der Waals surface area contributed by atoms with Gasteiger partial charge in [-0.2, -0.15) is 20.5 Å². The Morgan fingerprint density at radius 1 is 0.532 bits per heavy atom. The number of benzene rings is 5. The molecular weight excluding hydrogens is 949 g/mol. The van der Waals surface area contributed by atoms with E-state index in [9.17, 15) is 28.8 Å². The van der Waals surface area contributed by atoms with E-state index in [4.69, 9.17) is 81.2 Å². The number of azo groups is 2. The number of Topliss-reactive ketones (excluding diaryl/α,β-unsaturated/α-hetero) is 2. The van der Waals surface area contributed by atoms with Gasteiger partial charge in [-0.05, 0) is 98.3 Å². The van der Waals surface area contributed by atoms with E-state index >= 15 is 0 Å². The van der Waals surface area contributed by atoms with Crippen molar-refractivity contribution in [3.8, 4) is 0 Å². The van der Waals surface area contributed by atoms with Crippen molar-refractivity contribution in [3.05, 3.63) is 138 Å². The molecule has 2 atom stereocenters. The number of alkyl halides is 1. The summed E-state index contributed by atoms with van der Waals surface area (Å²) in [6, 6.07) is 18.6. The summed E-state index contributed by atoms with van der Waals surface area (Å²) >= 11 is 43.1. The Labute approximate surface area is 388 Å². The Balaban J connectivity index is 1.26. The molecule has 14 nitrogen and oxygen atoms in total. The molecular formula is C41H29Cl7N8O6. The molecule has 62 heavy (non-hydrogen) atoms. The summed E-state index contributed by atoms with van der Waals surface area (Å²) in [6.45, 7) is 2.28. The summed E-state index contributed by atoms with van der Waals surface area (Å²) in [4.78, 5) is 77.7. The van der Waals surface area contributed by atoms with Crippen molar-refractivity contribution in [2.24, 2.45) is 20.5 Å². The smallest absolute Gasteiger partial charge is 0.258 e. The fourth-order valence-corrected chi connectivity index (χ4v) is 6.69. The molecule has 0 spiro atoms. The number of carbonyl (C=O) groups is 6. The van der Waals surface area contributed by atoms with Crippen molar-refractivity contribution in [2.45, 2.75) is 31.8 Å². The van der Waals surface area contributed by atoms with E-state index in [0.29, 0.717) is 5.56 Å². The molecule has 0 fully saturated rings. The predicted molar refractivity (Wildman–Crippen MR) is 243 cm³/mol. The molecule has 0 saturated carbocycles. The number of amides is 4. The fourth-order valence-electron chi connectivity index (χ4n) is 5.32. The molecule has 5 rings (SSSR count). The van der Waals surface area contributed by atoms with Crippen LogP contribution in [0.15, 0.2) is 111 Å². The third-order valence-electron chi connectivity index (χ3n) is 8.31. The largest absolute Gasteiger partial charge is 0.324 e. The zero-order chi connectivity index (χ0) is 45.2. The van der Waals surface area contributed by atoms with Crippen LogP contribution in [0.1, 0.15) is 40.1 Å². The van der Waals surface area contributed by atoms with E-state index in [2.05, 4.69) is 41.7 Å². The Morgan fingerprint density at radius 3 is 1.42 bits per heavy atom. The third-order valence-corrected chi connectivity index (χ3v) is 10.7. The van der Waals surface area contributed by atoms with Crippen LogP contribution in [0.25, 0.3) is 0 Å². The molecule has 0 radical (unpaired) electrons. The first-order chi connectivity index (χ1) is 29.4. The van der Waals surface area contributed by atoms with Gasteiger partial charge in [-0.25, -0.2) is 0 Å². The third kappa shape index (κ3) is 12.6. The quantitative estimate of drug-likeness (QED) is 0.0457. The number of rotatable bonds is 15. The van der Waals surface area contributed by atoms with Crippen molar-refractivity contribution >= 4 is 151 Å². The number of hydrogen-bond acceptors (Lipinski definition) is 10. The predicted octanol–water partition coefficient (Wildman–Crippen LogP) is 12.2. The zero-order valence-electron chi connectivity index (χ0n) is 31.9. The van der Waals surface area contributed by atoms with Gasteiger partial charge in [-0.15, -0.1) is 11.6 Å². The van der Waals surface area contributed by atoms with E-state index in [0.717, 1.165) is 13.8 Å². The number of halogens is 7. The summed E-state index contributed by atoms with van der Waals surface area (Å²) in [5.41, 5.74) is 1.44. The molecule has 0 aromatic heterocycles. The van der Waals surface area contributed by atoms with Crippen LogP contribution < -0.4 is 21.3 Å². The number of anilines is 4. The standard InChI is InChI=1S/C41H29Cl7N8O6/c1-19(57)36(55-53-27-13-21(11-24(43)16-27)38(59)51-32-7-3-5-29(45)34(32)47)40(61)49-26-9-10-31(23(15-26)18-42)50-41(62)37(20(2)58)56-54-28-14-22(12-25(44)17-28)39(60)52-33-8-4-6-30(46)35(33)48/h3-17,36-37H,18H2,1-2H3,(H,49,61)(H,50,62)(H,51,59)(H,52,60). The van der Waals surface area contributed by atoms with Gasteiger partial charge < -0.3 is 21.3 Å². The Morgan fingerprint density at radius 2 is 0.984 bits per heavy atom. The molecule has 5 aromatic carbocycles. The normalized spacial score (nSPS) is 12.1. The maximum absolute atomic E-state index is 13.3. The van der Waals surface area contributed by atoms with Gasteiger partial charge in [0.2, 0.25) is 12.1 Å². The number of ketones is 2. The highest BCUT2D eigenvalue weighted by atomic mass is 35.5. The van der Waals surface area contributed by atoms with Crippen LogP contribution in [-0.4, -0.2) is 47.3 Å². The van der Waals surface area contributed by atoms with Crippen LogP contribution in [0.2, 0.25) is 30.1 Å². The number of carbonyl (C=O) groups excluding carboxylic acids is 6. The molecule has 0 aliphatic carbocycles. The van der Waals surface area contributed by atoms with Crippen LogP contribution in [0.3, 0.4) is 0 Å². The zero-order valence-corrected chi connectivity index (χ0v) is 37.2. The average Bonchev–Trinajstić information content (AvgIpc) is 3.21. The van der Waals surface area contributed by atoms with Crippen molar-refractivity contribution in [2.75, 3.05) is 21.3 Å². The average molecular weight is 978 g/mol. The Hall–Kier alpha value is -5.45. The molecule has 2 unspecified atom stereocenters. The second kappa shape index (κ2) is 21.6. The molecule has 318 valence electrons. The monoisotopic (exact) mass is 974 g/mol. The van der Waals surface area contributed by atoms with Crippen LogP contribution >= 0.6 is 81.2 Å². The maximum Gasteiger partial charge on any atom is 0.258 e. The summed E-state index contributed by atoms with van der Waals surface area (Å²) in [5.74, 6) is -4.41. The molecule has 21 heteroatoms. The molecule has 0 aliphatic rings. The van der Waals surface area contributed by atoms with Gasteiger partial charge in [0.05, 0.1) is 42.8 Å². The van der Waals surface area contributed by atoms with Crippen LogP contribution in [0.5, 0.6) is 0 Å². The number of nitrogens with zero attached hydrogens (tertiary/aromatic N) is 4.